The minimum Gasteiger partial charge on any atom is -0.508 e. The largest absolute Gasteiger partial charge is 0.508 e. The molecular weight excluding hydrogens is 242 g/mol. The van der Waals surface area contributed by atoms with Gasteiger partial charge < -0.3 is 14.4 Å². The molecule has 3 aromatic rings. The lowest BCUT2D eigenvalue weighted by atomic mass is 10.2. The van der Waals surface area contributed by atoms with Gasteiger partial charge in [0.1, 0.15) is 11.5 Å². The van der Waals surface area contributed by atoms with Crippen molar-refractivity contribution in [1.82, 2.24) is 14.5 Å². The molecule has 0 aliphatic heterocycles. The normalized spacial score (nSPS) is 10.8. The van der Waals surface area contributed by atoms with Gasteiger partial charge in [-0.2, -0.15) is 0 Å². The van der Waals surface area contributed by atoms with Crippen LogP contribution in [0.1, 0.15) is 5.56 Å². The molecule has 0 fully saturated rings. The van der Waals surface area contributed by atoms with Gasteiger partial charge in [0.25, 0.3) is 0 Å². The quantitative estimate of drug-likeness (QED) is 0.765. The van der Waals surface area contributed by atoms with E-state index in [1.54, 1.807) is 24.7 Å². The van der Waals surface area contributed by atoms with E-state index in [0.29, 0.717) is 17.1 Å². The van der Waals surface area contributed by atoms with E-state index in [1.165, 1.54) is 0 Å². The van der Waals surface area contributed by atoms with Gasteiger partial charge in [0, 0.05) is 19.3 Å². The van der Waals surface area contributed by atoms with E-state index in [1.807, 2.05) is 30.7 Å². The van der Waals surface area contributed by atoms with Crippen molar-refractivity contribution < 1.29 is 9.84 Å². The first-order chi connectivity index (χ1) is 9.13. The van der Waals surface area contributed by atoms with E-state index < -0.39 is 0 Å². The van der Waals surface area contributed by atoms with Crippen LogP contribution in [0.3, 0.4) is 0 Å². The average Bonchev–Trinajstić information content (AvgIpc) is 2.71. The Labute approximate surface area is 110 Å². The minimum absolute atomic E-state index is 0.170. The molecule has 2 heterocycles. The van der Waals surface area contributed by atoms with Gasteiger partial charge in [-0.1, -0.05) is 0 Å². The third-order valence-electron chi connectivity index (χ3n) is 2.86. The number of nitrogens with zero attached hydrogens (tertiary/aromatic N) is 3. The Morgan fingerprint density at radius 3 is 2.84 bits per heavy atom. The molecule has 0 radical (unpaired) electrons. The van der Waals surface area contributed by atoms with Crippen LogP contribution < -0.4 is 4.74 Å². The average molecular weight is 255 g/mol. The molecule has 0 amide bonds. The lowest BCUT2D eigenvalue weighted by Gasteiger charge is -2.07. The summed E-state index contributed by atoms with van der Waals surface area (Å²) in [4.78, 5) is 8.47. The second-order valence-corrected chi connectivity index (χ2v) is 4.45. The zero-order valence-corrected chi connectivity index (χ0v) is 10.7. The van der Waals surface area contributed by atoms with Gasteiger partial charge in [0.05, 0.1) is 11.8 Å². The number of pyridine rings is 1. The molecule has 0 bridgehead atoms. The summed E-state index contributed by atoms with van der Waals surface area (Å²) in [5.41, 5.74) is 2.57. The molecular formula is C14H13N3O2. The van der Waals surface area contributed by atoms with E-state index in [4.69, 9.17) is 4.74 Å². The van der Waals surface area contributed by atoms with Crippen molar-refractivity contribution in [2.75, 3.05) is 0 Å². The van der Waals surface area contributed by atoms with Crippen molar-refractivity contribution in [2.45, 2.75) is 6.92 Å². The van der Waals surface area contributed by atoms with E-state index >= 15 is 0 Å². The molecule has 0 aliphatic rings. The minimum atomic E-state index is 0.170. The smallest absolute Gasteiger partial charge is 0.247 e. The number of ether oxygens (including phenoxy) is 1. The first kappa shape index (κ1) is 11.5. The number of rotatable bonds is 2. The topological polar surface area (TPSA) is 60.2 Å². The molecule has 0 unspecified atom stereocenters. The van der Waals surface area contributed by atoms with Crippen LogP contribution in [0.2, 0.25) is 0 Å². The van der Waals surface area contributed by atoms with Crippen LogP contribution in [-0.2, 0) is 7.05 Å². The monoisotopic (exact) mass is 255 g/mol. The first-order valence-electron chi connectivity index (χ1n) is 5.88. The number of phenolic OH excluding ortho intramolecular Hbond substituents is 1. The summed E-state index contributed by atoms with van der Waals surface area (Å²) in [6, 6.07) is 6.93. The summed E-state index contributed by atoms with van der Waals surface area (Å²) in [6.07, 6.45) is 3.39. The zero-order valence-electron chi connectivity index (χ0n) is 10.7. The van der Waals surface area contributed by atoms with Gasteiger partial charge in [-0.25, -0.2) is 9.97 Å². The molecule has 19 heavy (non-hydrogen) atoms. The van der Waals surface area contributed by atoms with Crippen molar-refractivity contribution in [3.63, 3.8) is 0 Å². The molecule has 2 aromatic heterocycles. The second kappa shape index (κ2) is 4.28. The Morgan fingerprint density at radius 1 is 1.21 bits per heavy atom. The summed E-state index contributed by atoms with van der Waals surface area (Å²) in [6.45, 7) is 1.89. The number of hydrogen-bond donors (Lipinski definition) is 1. The molecule has 5 nitrogen and oxygen atoms in total. The van der Waals surface area contributed by atoms with Crippen molar-refractivity contribution in [2.24, 2.45) is 7.05 Å². The van der Waals surface area contributed by atoms with Crippen molar-refractivity contribution in [3.05, 3.63) is 42.4 Å². The molecule has 3 rings (SSSR count). The highest BCUT2D eigenvalue weighted by Crippen LogP contribution is 2.29. The number of benzene rings is 1. The van der Waals surface area contributed by atoms with E-state index in [9.17, 15) is 5.11 Å². The van der Waals surface area contributed by atoms with Crippen molar-refractivity contribution in [3.8, 4) is 17.4 Å². The Balaban J connectivity index is 2.05. The second-order valence-electron chi connectivity index (χ2n) is 4.45. The van der Waals surface area contributed by atoms with Gasteiger partial charge >= 0.3 is 0 Å². The maximum atomic E-state index is 9.57. The van der Waals surface area contributed by atoms with Crippen LogP contribution in [-0.4, -0.2) is 19.6 Å². The third kappa shape index (κ3) is 2.10. The maximum Gasteiger partial charge on any atom is 0.247 e. The summed E-state index contributed by atoms with van der Waals surface area (Å²) >= 11 is 0. The predicted molar refractivity (Wildman–Crippen MR) is 71.4 cm³/mol. The molecule has 5 heteroatoms. The zero-order chi connectivity index (χ0) is 13.4. The molecule has 0 spiro atoms. The summed E-state index contributed by atoms with van der Waals surface area (Å²) in [5, 5.41) is 9.57. The number of hydrogen-bond acceptors (Lipinski definition) is 4. The highest BCUT2D eigenvalue weighted by molar-refractivity contribution is 5.80. The lowest BCUT2D eigenvalue weighted by molar-refractivity contribution is 0.448. The maximum absolute atomic E-state index is 9.57. The highest BCUT2D eigenvalue weighted by atomic mass is 16.5. The Hall–Kier alpha value is -2.56. The SMILES string of the molecule is Cc1cc(O)cc(Oc2nccc3c2ncn3C)c1. The summed E-state index contributed by atoms with van der Waals surface area (Å²) < 4.78 is 7.62. The predicted octanol–water partition coefficient (Wildman–Crippen LogP) is 2.77. The highest BCUT2D eigenvalue weighted by Gasteiger charge is 2.09. The number of aromatic hydroxyl groups is 1. The fraction of sp³-hybridized carbons (Fsp3) is 0.143. The van der Waals surface area contributed by atoms with Crippen LogP contribution >= 0.6 is 0 Å². The first-order valence-corrected chi connectivity index (χ1v) is 5.88. The number of fused-ring (bicyclic) bond motifs is 1. The van der Waals surface area contributed by atoms with E-state index in [-0.39, 0.29) is 5.75 Å². The lowest BCUT2D eigenvalue weighted by Crippen LogP contribution is -1.91. The Bertz CT molecular complexity index is 729. The summed E-state index contributed by atoms with van der Waals surface area (Å²) in [7, 11) is 1.91. The number of phenols is 1. The van der Waals surface area contributed by atoms with Crippen LogP contribution in [0.25, 0.3) is 11.0 Å². The summed E-state index contributed by atoms with van der Waals surface area (Å²) in [5.74, 6) is 1.15. The molecule has 1 aromatic carbocycles. The molecule has 1 N–H and O–H groups in total. The Morgan fingerprint density at radius 2 is 2.05 bits per heavy atom. The number of aromatic nitrogens is 3. The van der Waals surface area contributed by atoms with Gasteiger partial charge in [-0.15, -0.1) is 0 Å². The van der Waals surface area contributed by atoms with Crippen molar-refractivity contribution >= 4 is 11.0 Å². The van der Waals surface area contributed by atoms with E-state index in [2.05, 4.69) is 9.97 Å². The van der Waals surface area contributed by atoms with Crippen molar-refractivity contribution in [1.29, 1.82) is 0 Å². The van der Waals surface area contributed by atoms with Gasteiger partial charge in [0.15, 0.2) is 5.52 Å². The van der Waals surface area contributed by atoms with Crippen LogP contribution in [0, 0.1) is 6.92 Å². The van der Waals surface area contributed by atoms with Crippen LogP contribution in [0.4, 0.5) is 0 Å². The fourth-order valence-electron chi connectivity index (χ4n) is 2.01. The number of imidazole rings is 1. The van der Waals surface area contributed by atoms with Gasteiger partial charge in [0.2, 0.25) is 5.88 Å². The Kier molecular flexibility index (Phi) is 2.59. The standard InChI is InChI=1S/C14H13N3O2/c1-9-5-10(18)7-11(6-9)19-14-13-12(3-4-15-14)17(2)8-16-13/h3-8,18H,1-2H3. The molecule has 0 atom stereocenters. The number of aryl methyl sites for hydroxylation is 2. The van der Waals surface area contributed by atoms with Gasteiger partial charge in [-0.3, -0.25) is 0 Å². The van der Waals surface area contributed by atoms with Crippen LogP contribution in [0.15, 0.2) is 36.8 Å². The van der Waals surface area contributed by atoms with E-state index in [0.717, 1.165) is 11.1 Å². The molecule has 0 saturated heterocycles. The molecule has 0 saturated carbocycles. The fourth-order valence-corrected chi connectivity index (χ4v) is 2.01. The molecule has 96 valence electrons. The third-order valence-corrected chi connectivity index (χ3v) is 2.86. The van der Waals surface area contributed by atoms with Crippen LogP contribution in [0.5, 0.6) is 17.4 Å². The van der Waals surface area contributed by atoms with Gasteiger partial charge in [-0.05, 0) is 30.7 Å². The molecule has 0 aliphatic carbocycles.